The molecule has 104 valence electrons. The van der Waals surface area contributed by atoms with Crippen LogP contribution in [0, 0.1) is 5.92 Å². The van der Waals surface area contributed by atoms with Gasteiger partial charge in [-0.25, -0.2) is 0 Å². The molecule has 0 spiro atoms. The van der Waals surface area contributed by atoms with Crippen LogP contribution in [0.1, 0.15) is 51.4 Å². The van der Waals surface area contributed by atoms with Crippen molar-refractivity contribution in [2.75, 3.05) is 6.54 Å². The molecule has 18 heavy (non-hydrogen) atoms. The molecular formula is C13H24N2O3. The summed E-state index contributed by atoms with van der Waals surface area (Å²) in [5.74, 6) is -0.985. The predicted octanol–water partition coefficient (Wildman–Crippen LogP) is 1.27. The summed E-state index contributed by atoms with van der Waals surface area (Å²) >= 11 is 0. The van der Waals surface area contributed by atoms with Gasteiger partial charge in [-0.2, -0.15) is 0 Å². The molecule has 0 aromatic rings. The van der Waals surface area contributed by atoms with Gasteiger partial charge in [-0.1, -0.05) is 12.8 Å². The topological polar surface area (TPSA) is 92.4 Å². The van der Waals surface area contributed by atoms with Gasteiger partial charge in [0.15, 0.2) is 0 Å². The van der Waals surface area contributed by atoms with Crippen molar-refractivity contribution in [2.24, 2.45) is 11.7 Å². The molecule has 0 heterocycles. The number of unbranched alkanes of at least 4 members (excludes halogenated alkanes) is 2. The Balaban J connectivity index is 2.20. The van der Waals surface area contributed by atoms with Crippen LogP contribution in [-0.4, -0.2) is 29.6 Å². The van der Waals surface area contributed by atoms with E-state index in [1.165, 1.54) is 0 Å². The van der Waals surface area contributed by atoms with Gasteiger partial charge in [0.05, 0.1) is 5.92 Å². The Hall–Kier alpha value is -1.10. The fraction of sp³-hybridized carbons (Fsp3) is 0.846. The molecule has 2 unspecified atom stereocenters. The van der Waals surface area contributed by atoms with Gasteiger partial charge in [-0.15, -0.1) is 0 Å². The molecule has 0 radical (unpaired) electrons. The maximum atomic E-state index is 11.7. The molecule has 0 aromatic carbocycles. The molecule has 1 rings (SSSR count). The van der Waals surface area contributed by atoms with Gasteiger partial charge in [0.2, 0.25) is 5.91 Å². The van der Waals surface area contributed by atoms with Crippen LogP contribution in [0.2, 0.25) is 0 Å². The number of carbonyl (C=O) groups excluding carboxylic acids is 1. The zero-order valence-corrected chi connectivity index (χ0v) is 10.9. The quantitative estimate of drug-likeness (QED) is 0.598. The molecule has 1 fully saturated rings. The first-order chi connectivity index (χ1) is 8.63. The largest absolute Gasteiger partial charge is 0.481 e. The first kappa shape index (κ1) is 15.0. The summed E-state index contributed by atoms with van der Waals surface area (Å²) < 4.78 is 0. The molecule has 2 atom stereocenters. The number of nitrogens with one attached hydrogen (secondary N) is 1. The molecule has 4 N–H and O–H groups in total. The number of amides is 1. The first-order valence-electron chi connectivity index (χ1n) is 6.85. The van der Waals surface area contributed by atoms with Crippen molar-refractivity contribution in [3.8, 4) is 0 Å². The Bertz CT molecular complexity index is 281. The molecule has 5 heteroatoms. The van der Waals surface area contributed by atoms with Crippen molar-refractivity contribution in [2.45, 2.75) is 57.4 Å². The minimum atomic E-state index is -0.739. The van der Waals surface area contributed by atoms with Gasteiger partial charge in [0.25, 0.3) is 0 Å². The molecule has 0 saturated heterocycles. The maximum absolute atomic E-state index is 11.7. The first-order valence-corrected chi connectivity index (χ1v) is 6.85. The maximum Gasteiger partial charge on any atom is 0.306 e. The number of hydrogen-bond acceptors (Lipinski definition) is 3. The van der Waals surface area contributed by atoms with E-state index in [0.29, 0.717) is 19.4 Å². The van der Waals surface area contributed by atoms with Crippen LogP contribution in [0.25, 0.3) is 0 Å². The second-order valence-corrected chi connectivity index (χ2v) is 5.07. The Morgan fingerprint density at radius 2 is 2.00 bits per heavy atom. The standard InChI is InChI=1S/C13H24N2O3/c14-8-3-1-2-7-12(16)15-11-6-4-5-10(9-11)13(17)18/h10-11H,1-9,14H2,(H,15,16)(H,17,18). The van der Waals surface area contributed by atoms with Gasteiger partial charge in [0.1, 0.15) is 0 Å². The number of hydrogen-bond donors (Lipinski definition) is 3. The summed E-state index contributed by atoms with van der Waals surface area (Å²) in [6, 6.07) is 0.0434. The summed E-state index contributed by atoms with van der Waals surface area (Å²) in [5.41, 5.74) is 5.38. The van der Waals surface area contributed by atoms with Crippen molar-refractivity contribution in [1.29, 1.82) is 0 Å². The molecule has 1 aliphatic rings. The normalized spacial score (nSPS) is 23.6. The van der Waals surface area contributed by atoms with E-state index < -0.39 is 5.97 Å². The van der Waals surface area contributed by atoms with Gasteiger partial charge in [0, 0.05) is 12.5 Å². The molecule has 0 aliphatic heterocycles. The SMILES string of the molecule is NCCCCCC(=O)NC1CCCC(C(=O)O)C1. The summed E-state index contributed by atoms with van der Waals surface area (Å²) in [7, 11) is 0. The minimum Gasteiger partial charge on any atom is -0.481 e. The fourth-order valence-corrected chi connectivity index (χ4v) is 2.45. The van der Waals surface area contributed by atoms with Crippen LogP contribution < -0.4 is 11.1 Å². The molecule has 1 amide bonds. The zero-order valence-electron chi connectivity index (χ0n) is 10.9. The van der Waals surface area contributed by atoms with Crippen LogP contribution in [0.3, 0.4) is 0 Å². The molecule has 0 bridgehead atoms. The Labute approximate surface area is 108 Å². The minimum absolute atomic E-state index is 0.0434. The molecule has 1 aliphatic carbocycles. The van der Waals surface area contributed by atoms with Crippen LogP contribution in [0.15, 0.2) is 0 Å². The number of carboxylic acid groups (broad SMARTS) is 1. The van der Waals surface area contributed by atoms with Crippen LogP contribution in [0.4, 0.5) is 0 Å². The third kappa shape index (κ3) is 5.49. The molecule has 0 aromatic heterocycles. The van der Waals surface area contributed by atoms with Crippen LogP contribution in [0.5, 0.6) is 0 Å². The third-order valence-corrected chi connectivity index (χ3v) is 3.50. The van der Waals surface area contributed by atoms with Crippen molar-refractivity contribution >= 4 is 11.9 Å². The third-order valence-electron chi connectivity index (χ3n) is 3.50. The van der Waals surface area contributed by atoms with E-state index >= 15 is 0 Å². The second-order valence-electron chi connectivity index (χ2n) is 5.07. The molecular weight excluding hydrogens is 232 g/mol. The highest BCUT2D eigenvalue weighted by molar-refractivity contribution is 5.76. The van der Waals surface area contributed by atoms with Crippen molar-refractivity contribution < 1.29 is 14.7 Å². The van der Waals surface area contributed by atoms with Crippen LogP contribution in [-0.2, 0) is 9.59 Å². The lowest BCUT2D eigenvalue weighted by atomic mass is 9.86. The lowest BCUT2D eigenvalue weighted by Crippen LogP contribution is -2.39. The smallest absolute Gasteiger partial charge is 0.306 e. The summed E-state index contributed by atoms with van der Waals surface area (Å²) in [6.45, 7) is 0.671. The lowest BCUT2D eigenvalue weighted by Gasteiger charge is -2.27. The Morgan fingerprint density at radius 1 is 1.22 bits per heavy atom. The molecule has 5 nitrogen and oxygen atoms in total. The van der Waals surface area contributed by atoms with Gasteiger partial charge in [-0.3, -0.25) is 9.59 Å². The van der Waals surface area contributed by atoms with Crippen LogP contribution >= 0.6 is 0 Å². The number of rotatable bonds is 7. The number of carboxylic acids is 1. The van der Waals surface area contributed by atoms with E-state index in [9.17, 15) is 9.59 Å². The van der Waals surface area contributed by atoms with E-state index in [0.717, 1.165) is 38.5 Å². The average Bonchev–Trinajstić information content (AvgIpc) is 2.35. The predicted molar refractivity (Wildman–Crippen MR) is 69.0 cm³/mol. The molecule has 1 saturated carbocycles. The van der Waals surface area contributed by atoms with E-state index in [1.54, 1.807) is 0 Å². The van der Waals surface area contributed by atoms with Gasteiger partial charge in [-0.05, 0) is 38.6 Å². The van der Waals surface area contributed by atoms with Crippen molar-refractivity contribution in [3.63, 3.8) is 0 Å². The summed E-state index contributed by atoms with van der Waals surface area (Å²) in [4.78, 5) is 22.6. The highest BCUT2D eigenvalue weighted by Gasteiger charge is 2.27. The van der Waals surface area contributed by atoms with E-state index in [4.69, 9.17) is 10.8 Å². The highest BCUT2D eigenvalue weighted by atomic mass is 16.4. The van der Waals surface area contributed by atoms with Crippen molar-refractivity contribution in [3.05, 3.63) is 0 Å². The van der Waals surface area contributed by atoms with E-state index in [2.05, 4.69) is 5.32 Å². The second kappa shape index (κ2) is 8.08. The Morgan fingerprint density at radius 3 is 2.67 bits per heavy atom. The number of carbonyl (C=O) groups is 2. The number of nitrogens with two attached hydrogens (primary N) is 1. The highest BCUT2D eigenvalue weighted by Crippen LogP contribution is 2.24. The van der Waals surface area contributed by atoms with E-state index in [1.807, 2.05) is 0 Å². The zero-order chi connectivity index (χ0) is 13.4. The van der Waals surface area contributed by atoms with Gasteiger partial charge < -0.3 is 16.2 Å². The summed E-state index contributed by atoms with van der Waals surface area (Å²) in [5, 5.41) is 11.9. The van der Waals surface area contributed by atoms with Crippen molar-refractivity contribution in [1.82, 2.24) is 5.32 Å². The van der Waals surface area contributed by atoms with Gasteiger partial charge >= 0.3 is 5.97 Å². The fourth-order valence-electron chi connectivity index (χ4n) is 2.45. The monoisotopic (exact) mass is 256 g/mol. The Kier molecular flexibility index (Phi) is 6.72. The lowest BCUT2D eigenvalue weighted by molar-refractivity contribution is -0.143. The average molecular weight is 256 g/mol. The summed E-state index contributed by atoms with van der Waals surface area (Å²) in [6.07, 6.45) is 6.41. The number of aliphatic carboxylic acids is 1. The van der Waals surface area contributed by atoms with E-state index in [-0.39, 0.29) is 17.9 Å².